The number of thioether (sulfide) groups is 1. The lowest BCUT2D eigenvalue weighted by molar-refractivity contribution is 0.419. The molecule has 0 spiro atoms. The number of aromatic nitrogens is 2. The number of nitrogens with one attached hydrogen (secondary N) is 1. The number of anilines is 1. The van der Waals surface area contributed by atoms with Gasteiger partial charge in [0.05, 0.1) is 5.75 Å². The van der Waals surface area contributed by atoms with Crippen molar-refractivity contribution in [2.75, 3.05) is 5.73 Å². The van der Waals surface area contributed by atoms with E-state index in [0.717, 1.165) is 18.0 Å². The Labute approximate surface area is 105 Å². The summed E-state index contributed by atoms with van der Waals surface area (Å²) in [7, 11) is 0. The van der Waals surface area contributed by atoms with Crippen molar-refractivity contribution in [2.24, 2.45) is 0 Å². The Balaban J connectivity index is 2.13. The monoisotopic (exact) mass is 267 g/mol. The summed E-state index contributed by atoms with van der Waals surface area (Å²) in [6, 6.07) is 2.34. The van der Waals surface area contributed by atoms with Gasteiger partial charge < -0.3 is 20.2 Å². The molecule has 0 unspecified atom stereocenters. The highest BCUT2D eigenvalue weighted by molar-refractivity contribution is 7.98. The van der Waals surface area contributed by atoms with E-state index in [0.29, 0.717) is 10.9 Å². The minimum absolute atomic E-state index is 0.119. The van der Waals surface area contributed by atoms with Crippen molar-refractivity contribution in [1.82, 2.24) is 9.97 Å². The molecule has 0 aromatic carbocycles. The molecule has 2 rings (SSSR count). The number of nitrogen functional groups attached to an aromatic ring is 1. The first-order chi connectivity index (χ1) is 8.54. The van der Waals surface area contributed by atoms with Crippen LogP contribution in [0.2, 0.25) is 0 Å². The third kappa shape index (κ3) is 2.92. The van der Waals surface area contributed by atoms with E-state index < -0.39 is 11.2 Å². The summed E-state index contributed by atoms with van der Waals surface area (Å²) in [6.45, 7) is 0. The first-order valence-electron chi connectivity index (χ1n) is 4.85. The third-order valence-electron chi connectivity index (χ3n) is 1.96. The van der Waals surface area contributed by atoms with Crippen LogP contribution in [0.15, 0.2) is 37.6 Å². The average Bonchev–Trinajstić information content (AvgIpc) is 2.29. The van der Waals surface area contributed by atoms with Crippen LogP contribution in [-0.4, -0.2) is 15.1 Å². The van der Waals surface area contributed by atoms with Crippen molar-refractivity contribution in [1.29, 1.82) is 0 Å². The number of nitrogens with two attached hydrogens (primary N) is 1. The predicted octanol–water partition coefficient (Wildman–Crippen LogP) is 0.303. The molecule has 0 aliphatic rings. The highest BCUT2D eigenvalue weighted by Gasteiger charge is 2.05. The maximum absolute atomic E-state index is 11.1. The molecule has 18 heavy (non-hydrogen) atoms. The van der Waals surface area contributed by atoms with Crippen LogP contribution in [0.1, 0.15) is 5.76 Å². The Morgan fingerprint density at radius 1 is 1.44 bits per heavy atom. The highest BCUT2D eigenvalue weighted by atomic mass is 32.2. The summed E-state index contributed by atoms with van der Waals surface area (Å²) < 4.78 is 5.00. The Morgan fingerprint density at radius 3 is 2.89 bits per heavy atom. The Bertz CT molecular complexity index is 679. The smallest absolute Gasteiger partial charge is 0.253 e. The van der Waals surface area contributed by atoms with Gasteiger partial charge in [-0.2, -0.15) is 0 Å². The first kappa shape index (κ1) is 12.2. The van der Waals surface area contributed by atoms with E-state index in [-0.39, 0.29) is 17.1 Å². The molecular formula is C10H9N3O4S. The Morgan fingerprint density at radius 2 is 2.22 bits per heavy atom. The van der Waals surface area contributed by atoms with Gasteiger partial charge in [-0.15, -0.1) is 0 Å². The fourth-order valence-corrected chi connectivity index (χ4v) is 1.95. The SMILES string of the molecule is Nc1cc(=O)[nH]c(SCc2cc(=O)c(O)co2)n1. The summed E-state index contributed by atoms with van der Waals surface area (Å²) in [5.41, 5.74) is 4.55. The molecule has 0 saturated heterocycles. The van der Waals surface area contributed by atoms with Crippen LogP contribution in [-0.2, 0) is 5.75 Å². The molecule has 94 valence electrons. The second-order valence-electron chi connectivity index (χ2n) is 3.36. The quantitative estimate of drug-likeness (QED) is 0.540. The summed E-state index contributed by atoms with van der Waals surface area (Å²) in [4.78, 5) is 28.7. The maximum Gasteiger partial charge on any atom is 0.253 e. The fraction of sp³-hybridized carbons (Fsp3) is 0.100. The molecule has 0 aliphatic heterocycles. The van der Waals surface area contributed by atoms with Crippen LogP contribution in [0.5, 0.6) is 5.75 Å². The molecule has 0 fully saturated rings. The molecule has 0 aliphatic carbocycles. The minimum Gasteiger partial charge on any atom is -0.502 e. The molecule has 0 bridgehead atoms. The number of hydrogen-bond acceptors (Lipinski definition) is 7. The van der Waals surface area contributed by atoms with Crippen molar-refractivity contribution in [3.8, 4) is 5.75 Å². The number of H-pyrrole nitrogens is 1. The molecule has 7 nitrogen and oxygen atoms in total. The van der Waals surface area contributed by atoms with Crippen LogP contribution < -0.4 is 16.7 Å². The third-order valence-corrected chi connectivity index (χ3v) is 2.85. The van der Waals surface area contributed by atoms with E-state index in [2.05, 4.69) is 9.97 Å². The zero-order valence-corrected chi connectivity index (χ0v) is 9.86. The lowest BCUT2D eigenvalue weighted by Crippen LogP contribution is -2.09. The van der Waals surface area contributed by atoms with E-state index in [1.54, 1.807) is 0 Å². The lowest BCUT2D eigenvalue weighted by Gasteiger charge is -2.01. The molecule has 2 heterocycles. The van der Waals surface area contributed by atoms with Gasteiger partial charge in [-0.3, -0.25) is 9.59 Å². The summed E-state index contributed by atoms with van der Waals surface area (Å²) in [5, 5.41) is 9.34. The van der Waals surface area contributed by atoms with Crippen molar-refractivity contribution < 1.29 is 9.52 Å². The second kappa shape index (κ2) is 4.96. The Kier molecular flexibility index (Phi) is 3.38. The average molecular weight is 267 g/mol. The summed E-state index contributed by atoms with van der Waals surface area (Å²) >= 11 is 1.16. The van der Waals surface area contributed by atoms with Crippen LogP contribution in [0.3, 0.4) is 0 Å². The fourth-order valence-electron chi connectivity index (χ4n) is 1.18. The van der Waals surface area contributed by atoms with Gasteiger partial charge in [-0.1, -0.05) is 11.8 Å². The van der Waals surface area contributed by atoms with Crippen LogP contribution in [0.4, 0.5) is 5.82 Å². The molecule has 0 saturated carbocycles. The van der Waals surface area contributed by atoms with Gasteiger partial charge in [-0.05, 0) is 0 Å². The number of aromatic amines is 1. The van der Waals surface area contributed by atoms with Crippen LogP contribution >= 0.6 is 11.8 Å². The second-order valence-corrected chi connectivity index (χ2v) is 4.32. The van der Waals surface area contributed by atoms with Gasteiger partial charge in [0.25, 0.3) is 5.56 Å². The number of hydrogen-bond donors (Lipinski definition) is 3. The van der Waals surface area contributed by atoms with Gasteiger partial charge in [0, 0.05) is 12.1 Å². The molecule has 0 radical (unpaired) electrons. The lowest BCUT2D eigenvalue weighted by atomic mass is 10.4. The molecule has 8 heteroatoms. The Hall–Kier alpha value is -2.22. The van der Waals surface area contributed by atoms with Gasteiger partial charge in [-0.25, -0.2) is 4.98 Å². The molecule has 0 atom stereocenters. The normalized spacial score (nSPS) is 10.4. The number of rotatable bonds is 3. The standard InChI is InChI=1S/C10H9N3O4S/c11-8-2-9(16)13-10(12-8)18-4-5-1-6(14)7(15)3-17-5/h1-3,15H,4H2,(H3,11,12,13,16). The van der Waals surface area contributed by atoms with Crippen molar-refractivity contribution in [3.63, 3.8) is 0 Å². The molecular weight excluding hydrogens is 258 g/mol. The van der Waals surface area contributed by atoms with Crippen LogP contribution in [0, 0.1) is 0 Å². The zero-order valence-electron chi connectivity index (χ0n) is 9.04. The van der Waals surface area contributed by atoms with Gasteiger partial charge >= 0.3 is 0 Å². The zero-order chi connectivity index (χ0) is 13.1. The topological polar surface area (TPSA) is 122 Å². The van der Waals surface area contributed by atoms with Crippen molar-refractivity contribution in [3.05, 3.63) is 44.7 Å². The summed E-state index contributed by atoms with van der Waals surface area (Å²) in [5.74, 6) is 0.308. The molecule has 2 aromatic rings. The van der Waals surface area contributed by atoms with Crippen molar-refractivity contribution >= 4 is 17.6 Å². The van der Waals surface area contributed by atoms with E-state index in [1.807, 2.05) is 0 Å². The minimum atomic E-state index is -0.522. The van der Waals surface area contributed by atoms with E-state index in [4.69, 9.17) is 15.3 Å². The van der Waals surface area contributed by atoms with Crippen LogP contribution in [0.25, 0.3) is 0 Å². The molecule has 0 amide bonds. The van der Waals surface area contributed by atoms with E-state index in [9.17, 15) is 9.59 Å². The maximum atomic E-state index is 11.1. The predicted molar refractivity (Wildman–Crippen MR) is 65.5 cm³/mol. The highest BCUT2D eigenvalue weighted by Crippen LogP contribution is 2.18. The van der Waals surface area contributed by atoms with Gasteiger partial charge in [0.15, 0.2) is 10.9 Å². The van der Waals surface area contributed by atoms with Gasteiger partial charge in [0.2, 0.25) is 5.43 Å². The van der Waals surface area contributed by atoms with E-state index >= 15 is 0 Å². The number of aromatic hydroxyl groups is 1. The van der Waals surface area contributed by atoms with Gasteiger partial charge in [0.1, 0.15) is 17.8 Å². The molecule has 4 N–H and O–H groups in total. The number of nitrogens with zero attached hydrogens (tertiary/aromatic N) is 1. The molecule has 2 aromatic heterocycles. The summed E-state index contributed by atoms with van der Waals surface area (Å²) in [6.07, 6.45) is 0.966. The van der Waals surface area contributed by atoms with E-state index in [1.165, 1.54) is 12.1 Å². The van der Waals surface area contributed by atoms with Crippen molar-refractivity contribution in [2.45, 2.75) is 10.9 Å². The first-order valence-corrected chi connectivity index (χ1v) is 5.83. The largest absolute Gasteiger partial charge is 0.502 e.